The van der Waals surface area contributed by atoms with Gasteiger partial charge in [0.05, 0.1) is 11.9 Å². The Morgan fingerprint density at radius 1 is 1.04 bits per heavy atom. The Balaban J connectivity index is 0.00000182. The third-order valence-electron chi connectivity index (χ3n) is 4.87. The van der Waals surface area contributed by atoms with Crippen molar-refractivity contribution in [3.8, 4) is 11.3 Å². The summed E-state index contributed by atoms with van der Waals surface area (Å²) in [6, 6.07) is 17.2. The fourth-order valence-corrected chi connectivity index (χ4v) is 3.26. The predicted molar refractivity (Wildman–Crippen MR) is 100 cm³/mol. The topological polar surface area (TPSA) is 40.7 Å². The van der Waals surface area contributed by atoms with Crippen molar-refractivity contribution in [3.63, 3.8) is 0 Å². The van der Waals surface area contributed by atoms with Crippen molar-refractivity contribution in [2.24, 2.45) is 0 Å². The van der Waals surface area contributed by atoms with Crippen LogP contribution < -0.4 is 5.32 Å². The average molecular weight is 358 g/mol. The number of nitrogens with zero attached hydrogens (tertiary/aromatic N) is 1. The molecule has 5 heteroatoms. The number of rotatable bonds is 6. The van der Waals surface area contributed by atoms with E-state index in [1.54, 1.807) is 12.1 Å². The first kappa shape index (κ1) is 17.6. The highest BCUT2D eigenvalue weighted by Crippen LogP contribution is 2.47. The molecule has 0 spiro atoms. The average Bonchev–Trinajstić information content (AvgIpc) is 3.27. The molecule has 0 bridgehead atoms. The number of aromatic amines is 1. The number of hydrogen-bond donors (Lipinski definition) is 2. The van der Waals surface area contributed by atoms with E-state index < -0.39 is 0 Å². The molecule has 1 saturated carbocycles. The summed E-state index contributed by atoms with van der Waals surface area (Å²) in [5.41, 5.74) is 4.72. The molecule has 0 aliphatic heterocycles. The summed E-state index contributed by atoms with van der Waals surface area (Å²) in [5, 5.41) is 10.8. The molecule has 130 valence electrons. The Hall–Kier alpha value is -2.17. The Kier molecular flexibility index (Phi) is 5.21. The molecule has 25 heavy (non-hydrogen) atoms. The van der Waals surface area contributed by atoms with Crippen molar-refractivity contribution in [1.82, 2.24) is 15.5 Å². The van der Waals surface area contributed by atoms with Crippen LogP contribution in [0, 0.1) is 5.82 Å². The lowest BCUT2D eigenvalue weighted by atomic mass is 9.96. The lowest BCUT2D eigenvalue weighted by Crippen LogP contribution is -2.26. The van der Waals surface area contributed by atoms with E-state index in [-0.39, 0.29) is 18.2 Å². The Labute approximate surface area is 153 Å². The highest BCUT2D eigenvalue weighted by Gasteiger charge is 2.43. The second kappa shape index (κ2) is 7.38. The Morgan fingerprint density at radius 2 is 1.76 bits per heavy atom. The Bertz CT molecular complexity index is 810. The molecule has 0 unspecified atom stereocenters. The van der Waals surface area contributed by atoms with Gasteiger partial charge in [0.1, 0.15) is 5.82 Å². The number of aromatic nitrogens is 2. The molecule has 0 saturated heterocycles. The van der Waals surface area contributed by atoms with Crippen LogP contribution in [0.5, 0.6) is 0 Å². The van der Waals surface area contributed by atoms with E-state index in [1.807, 2.05) is 6.20 Å². The van der Waals surface area contributed by atoms with Crippen LogP contribution in [0.15, 0.2) is 60.8 Å². The van der Waals surface area contributed by atoms with Crippen LogP contribution in [0.4, 0.5) is 4.39 Å². The molecule has 0 atom stereocenters. The van der Waals surface area contributed by atoms with Crippen LogP contribution in [-0.4, -0.2) is 16.7 Å². The van der Waals surface area contributed by atoms with Gasteiger partial charge in [0.15, 0.2) is 0 Å². The lowest BCUT2D eigenvalue weighted by molar-refractivity contribution is 0.575. The standard InChI is InChI=1S/C20H20FN3.ClH/c21-18-8-6-15(7-9-18)19-16(13-23-24-19)12-22-14-20(10-11-20)17-4-2-1-3-5-17;/h1-9,13,22H,10-12,14H2,(H,23,24);1H. The van der Waals surface area contributed by atoms with Gasteiger partial charge in [0, 0.05) is 29.6 Å². The number of hydrogen-bond acceptors (Lipinski definition) is 2. The first-order chi connectivity index (χ1) is 11.8. The van der Waals surface area contributed by atoms with E-state index in [2.05, 4.69) is 45.8 Å². The summed E-state index contributed by atoms with van der Waals surface area (Å²) in [4.78, 5) is 0. The van der Waals surface area contributed by atoms with Gasteiger partial charge in [-0.3, -0.25) is 5.10 Å². The molecule has 3 nitrogen and oxygen atoms in total. The molecule has 1 fully saturated rings. The fourth-order valence-electron chi connectivity index (χ4n) is 3.26. The quantitative estimate of drug-likeness (QED) is 0.683. The summed E-state index contributed by atoms with van der Waals surface area (Å²) in [5.74, 6) is -0.225. The molecule has 2 N–H and O–H groups in total. The van der Waals surface area contributed by atoms with Gasteiger partial charge in [0.2, 0.25) is 0 Å². The van der Waals surface area contributed by atoms with E-state index in [0.717, 1.165) is 29.9 Å². The molecule has 4 rings (SSSR count). The first-order valence-electron chi connectivity index (χ1n) is 8.31. The van der Waals surface area contributed by atoms with Crippen LogP contribution in [-0.2, 0) is 12.0 Å². The highest BCUT2D eigenvalue weighted by atomic mass is 35.5. The van der Waals surface area contributed by atoms with Crippen LogP contribution in [0.1, 0.15) is 24.0 Å². The monoisotopic (exact) mass is 357 g/mol. The number of nitrogens with one attached hydrogen (secondary N) is 2. The lowest BCUT2D eigenvalue weighted by Gasteiger charge is -2.16. The summed E-state index contributed by atoms with van der Waals surface area (Å²) in [6.07, 6.45) is 4.31. The maximum Gasteiger partial charge on any atom is 0.123 e. The highest BCUT2D eigenvalue weighted by molar-refractivity contribution is 5.85. The molecule has 2 aromatic carbocycles. The first-order valence-corrected chi connectivity index (χ1v) is 8.31. The van der Waals surface area contributed by atoms with Crippen molar-refractivity contribution in [1.29, 1.82) is 0 Å². The van der Waals surface area contributed by atoms with Gasteiger partial charge in [0.25, 0.3) is 0 Å². The minimum Gasteiger partial charge on any atom is -0.312 e. The predicted octanol–water partition coefficient (Wildman–Crippen LogP) is 4.46. The van der Waals surface area contributed by atoms with Crippen molar-refractivity contribution < 1.29 is 4.39 Å². The molecule has 3 aromatic rings. The number of benzene rings is 2. The van der Waals surface area contributed by atoms with Gasteiger partial charge in [-0.1, -0.05) is 30.3 Å². The van der Waals surface area contributed by atoms with Gasteiger partial charge >= 0.3 is 0 Å². The minimum absolute atomic E-state index is 0. The molecular formula is C20H21ClFN3. The van der Waals surface area contributed by atoms with Gasteiger partial charge in [-0.15, -0.1) is 12.4 Å². The normalized spacial score (nSPS) is 14.8. The van der Waals surface area contributed by atoms with Gasteiger partial charge in [-0.25, -0.2) is 4.39 Å². The van der Waals surface area contributed by atoms with Gasteiger partial charge < -0.3 is 5.32 Å². The third kappa shape index (κ3) is 3.75. The number of halogens is 2. The van der Waals surface area contributed by atoms with Crippen molar-refractivity contribution in [2.45, 2.75) is 24.8 Å². The number of H-pyrrole nitrogens is 1. The van der Waals surface area contributed by atoms with Crippen LogP contribution in [0.25, 0.3) is 11.3 Å². The van der Waals surface area contributed by atoms with E-state index in [0.29, 0.717) is 5.41 Å². The van der Waals surface area contributed by atoms with E-state index in [4.69, 9.17) is 0 Å². The zero-order valence-electron chi connectivity index (χ0n) is 13.8. The molecule has 0 amide bonds. The van der Waals surface area contributed by atoms with Crippen molar-refractivity contribution in [2.75, 3.05) is 6.54 Å². The fraction of sp³-hybridized carbons (Fsp3) is 0.250. The smallest absolute Gasteiger partial charge is 0.123 e. The second-order valence-corrected chi connectivity index (χ2v) is 6.53. The summed E-state index contributed by atoms with van der Waals surface area (Å²) in [6.45, 7) is 1.71. The molecule has 1 aromatic heterocycles. The van der Waals surface area contributed by atoms with Gasteiger partial charge in [-0.2, -0.15) is 5.10 Å². The summed E-state index contributed by atoms with van der Waals surface area (Å²) in [7, 11) is 0. The molecular weight excluding hydrogens is 337 g/mol. The molecule has 0 radical (unpaired) electrons. The molecule has 1 aliphatic rings. The largest absolute Gasteiger partial charge is 0.312 e. The molecule has 1 heterocycles. The third-order valence-corrected chi connectivity index (χ3v) is 4.87. The van der Waals surface area contributed by atoms with E-state index in [1.165, 1.54) is 30.5 Å². The minimum atomic E-state index is -0.225. The van der Waals surface area contributed by atoms with Crippen molar-refractivity contribution >= 4 is 12.4 Å². The summed E-state index contributed by atoms with van der Waals surface area (Å²) < 4.78 is 13.1. The zero-order chi connectivity index (χ0) is 16.4. The Morgan fingerprint density at radius 3 is 2.44 bits per heavy atom. The SMILES string of the molecule is Cl.Fc1ccc(-c2[nH]ncc2CNCC2(c3ccccc3)CC2)cc1. The van der Waals surface area contributed by atoms with Crippen LogP contribution in [0.3, 0.4) is 0 Å². The van der Waals surface area contributed by atoms with E-state index >= 15 is 0 Å². The zero-order valence-corrected chi connectivity index (χ0v) is 14.7. The van der Waals surface area contributed by atoms with Crippen molar-refractivity contribution in [3.05, 3.63) is 77.7 Å². The van der Waals surface area contributed by atoms with E-state index in [9.17, 15) is 4.39 Å². The van der Waals surface area contributed by atoms with Gasteiger partial charge in [-0.05, 0) is 42.7 Å². The molecule has 1 aliphatic carbocycles. The van der Waals surface area contributed by atoms with Crippen LogP contribution in [0.2, 0.25) is 0 Å². The maximum atomic E-state index is 13.1. The second-order valence-electron chi connectivity index (χ2n) is 6.53. The van der Waals surface area contributed by atoms with Crippen LogP contribution >= 0.6 is 12.4 Å². The summed E-state index contributed by atoms with van der Waals surface area (Å²) >= 11 is 0. The maximum absolute atomic E-state index is 13.1.